The molecule has 2 unspecified atom stereocenters. The number of nitrogens with zero attached hydrogens (tertiary/aromatic N) is 6. The molecule has 0 saturated carbocycles. The standard InChI is InChI=1S/2C11H14BrN3.3C2H2O4/c2*12-11-6-13-5-10(14-11)9-7-15-3-1-8(9)2-4-15;3*3-1(4)2(5)6/h2*5-6,8-9H,1-4,7H2;3*(H,3,4)(H,5,6). The van der Waals surface area contributed by atoms with Crippen molar-refractivity contribution in [1.29, 1.82) is 0 Å². The maximum Gasteiger partial charge on any atom is 0.414 e. The summed E-state index contributed by atoms with van der Waals surface area (Å²) in [5.41, 5.74) is 2.33. The van der Waals surface area contributed by atoms with Gasteiger partial charge in [0.1, 0.15) is 9.21 Å². The van der Waals surface area contributed by atoms with Crippen LogP contribution in [0, 0.1) is 11.8 Å². The SMILES string of the molecule is Brc1cncc(C2CN3CCC2CC3)n1.Brc1cncc(C2CN3CCC2CC3)n1.O=C(O)C(=O)O.O=C(O)C(=O)O.O=C(O)C(=O)O. The maximum atomic E-state index is 9.10. The molecular formula is C28H34Br2N6O12. The van der Waals surface area contributed by atoms with Gasteiger partial charge in [-0.3, -0.25) is 9.97 Å². The van der Waals surface area contributed by atoms with E-state index < -0.39 is 35.8 Å². The predicted molar refractivity (Wildman–Crippen MR) is 169 cm³/mol. The molecule has 0 aromatic carbocycles. The molecule has 20 heteroatoms. The summed E-state index contributed by atoms with van der Waals surface area (Å²) in [4.78, 5) is 77.2. The lowest BCUT2D eigenvalue weighted by Crippen LogP contribution is -2.46. The van der Waals surface area contributed by atoms with Crippen LogP contribution in [0.4, 0.5) is 0 Å². The van der Waals surface area contributed by atoms with Gasteiger partial charge in [-0.15, -0.1) is 0 Å². The molecule has 18 nitrogen and oxygen atoms in total. The molecule has 8 rings (SSSR count). The lowest BCUT2D eigenvalue weighted by Gasteiger charge is -2.44. The Morgan fingerprint density at radius 2 is 0.792 bits per heavy atom. The van der Waals surface area contributed by atoms with Crippen molar-refractivity contribution in [2.24, 2.45) is 11.8 Å². The van der Waals surface area contributed by atoms with E-state index in [0.717, 1.165) is 21.0 Å². The highest BCUT2D eigenvalue weighted by Gasteiger charge is 2.36. The molecule has 0 radical (unpaired) electrons. The monoisotopic (exact) mass is 804 g/mol. The Kier molecular flexibility index (Phi) is 16.4. The Balaban J connectivity index is 0.000000227. The zero-order valence-corrected chi connectivity index (χ0v) is 28.4. The number of hydrogen-bond donors (Lipinski definition) is 6. The Bertz CT molecular complexity index is 1290. The smallest absolute Gasteiger partial charge is 0.414 e. The van der Waals surface area contributed by atoms with Crippen LogP contribution in [-0.2, 0) is 28.8 Å². The molecule has 0 amide bonds. The van der Waals surface area contributed by atoms with Crippen LogP contribution >= 0.6 is 31.9 Å². The van der Waals surface area contributed by atoms with Gasteiger partial charge in [0.05, 0.1) is 23.8 Å². The Labute approximate surface area is 290 Å². The van der Waals surface area contributed by atoms with E-state index in [2.05, 4.69) is 61.6 Å². The third-order valence-corrected chi connectivity index (χ3v) is 8.63. The van der Waals surface area contributed by atoms with E-state index in [4.69, 9.17) is 59.4 Å². The van der Waals surface area contributed by atoms with Gasteiger partial charge < -0.3 is 40.4 Å². The number of piperidine rings is 6. The number of aliphatic carboxylic acids is 6. The van der Waals surface area contributed by atoms with Crippen LogP contribution < -0.4 is 0 Å². The zero-order chi connectivity index (χ0) is 36.0. The van der Waals surface area contributed by atoms with Gasteiger partial charge >= 0.3 is 35.8 Å². The highest BCUT2D eigenvalue weighted by Crippen LogP contribution is 2.39. The first-order chi connectivity index (χ1) is 22.6. The van der Waals surface area contributed by atoms with Crippen molar-refractivity contribution < 1.29 is 59.4 Å². The number of hydrogen-bond acceptors (Lipinski definition) is 12. The molecule has 0 aliphatic carbocycles. The van der Waals surface area contributed by atoms with E-state index in [-0.39, 0.29) is 0 Å². The fourth-order valence-electron chi connectivity index (χ4n) is 5.67. The fraction of sp³-hybridized carbons (Fsp3) is 0.500. The highest BCUT2D eigenvalue weighted by molar-refractivity contribution is 9.10. The third kappa shape index (κ3) is 13.5. The first kappa shape index (κ1) is 40.0. The van der Waals surface area contributed by atoms with E-state index in [1.54, 1.807) is 12.4 Å². The van der Waals surface area contributed by atoms with Gasteiger partial charge in [-0.25, -0.2) is 38.7 Å². The molecule has 8 heterocycles. The number of fused-ring (bicyclic) bond motifs is 6. The van der Waals surface area contributed by atoms with Crippen LogP contribution in [0.15, 0.2) is 34.0 Å². The number of rotatable bonds is 2. The van der Waals surface area contributed by atoms with E-state index in [0.29, 0.717) is 11.8 Å². The zero-order valence-electron chi connectivity index (χ0n) is 25.3. The summed E-state index contributed by atoms with van der Waals surface area (Å²) in [6.07, 6.45) is 12.7. The summed E-state index contributed by atoms with van der Waals surface area (Å²) in [6.45, 7) is 7.47. The van der Waals surface area contributed by atoms with Gasteiger partial charge in [0.25, 0.3) is 0 Å². The van der Waals surface area contributed by atoms with Crippen LogP contribution in [0.1, 0.15) is 48.9 Å². The summed E-state index contributed by atoms with van der Waals surface area (Å²) in [5.74, 6) is -8.06. The molecule has 48 heavy (non-hydrogen) atoms. The average Bonchev–Trinajstić information content (AvgIpc) is 3.07. The molecule has 6 fully saturated rings. The van der Waals surface area contributed by atoms with Crippen molar-refractivity contribution in [1.82, 2.24) is 29.7 Å². The molecule has 6 aliphatic rings. The largest absolute Gasteiger partial charge is 0.473 e. The Hall–Kier alpha value is -4.14. The van der Waals surface area contributed by atoms with Crippen molar-refractivity contribution in [3.8, 4) is 0 Å². The first-order valence-electron chi connectivity index (χ1n) is 14.4. The van der Waals surface area contributed by atoms with Crippen molar-refractivity contribution >= 4 is 67.7 Å². The molecule has 2 atom stereocenters. The topological polar surface area (TPSA) is 282 Å². The lowest BCUT2D eigenvalue weighted by molar-refractivity contribution is -0.159. The Morgan fingerprint density at radius 3 is 0.979 bits per heavy atom. The van der Waals surface area contributed by atoms with E-state index in [1.807, 2.05) is 12.4 Å². The van der Waals surface area contributed by atoms with E-state index in [1.165, 1.54) is 76.3 Å². The van der Waals surface area contributed by atoms with Crippen LogP contribution in [-0.4, -0.2) is 135 Å². The van der Waals surface area contributed by atoms with Crippen molar-refractivity contribution in [2.45, 2.75) is 37.5 Å². The second-order valence-corrected chi connectivity index (χ2v) is 12.5. The lowest BCUT2D eigenvalue weighted by atomic mass is 9.77. The van der Waals surface area contributed by atoms with Crippen molar-refractivity contribution in [3.63, 3.8) is 0 Å². The molecule has 2 aromatic heterocycles. The number of carbonyl (C=O) groups is 6. The molecule has 6 N–H and O–H groups in total. The highest BCUT2D eigenvalue weighted by atomic mass is 79.9. The van der Waals surface area contributed by atoms with Gasteiger partial charge in [0.2, 0.25) is 0 Å². The minimum absolute atomic E-state index is 0.609. The molecule has 262 valence electrons. The van der Waals surface area contributed by atoms with Gasteiger partial charge in [-0.05, 0) is 95.6 Å². The molecule has 6 saturated heterocycles. The molecular weight excluding hydrogens is 772 g/mol. The van der Waals surface area contributed by atoms with Crippen LogP contribution in [0.25, 0.3) is 0 Å². The average molecular weight is 806 g/mol. The van der Waals surface area contributed by atoms with Gasteiger partial charge in [0.15, 0.2) is 0 Å². The van der Waals surface area contributed by atoms with Gasteiger partial charge in [0, 0.05) is 37.3 Å². The second kappa shape index (κ2) is 19.6. The second-order valence-electron chi connectivity index (χ2n) is 10.9. The van der Waals surface area contributed by atoms with Crippen molar-refractivity contribution in [2.75, 3.05) is 39.3 Å². The Morgan fingerprint density at radius 1 is 0.521 bits per heavy atom. The van der Waals surface area contributed by atoms with E-state index >= 15 is 0 Å². The number of carboxylic acids is 6. The normalized spacial score (nSPS) is 24.2. The van der Waals surface area contributed by atoms with Crippen molar-refractivity contribution in [3.05, 3.63) is 45.4 Å². The maximum absolute atomic E-state index is 9.10. The quantitative estimate of drug-likeness (QED) is 0.235. The number of aromatic nitrogens is 4. The summed E-state index contributed by atoms with van der Waals surface area (Å²) in [6, 6.07) is 0. The van der Waals surface area contributed by atoms with Gasteiger partial charge in [-0.2, -0.15) is 0 Å². The minimum Gasteiger partial charge on any atom is -0.473 e. The first-order valence-corrected chi connectivity index (χ1v) is 16.0. The molecule has 4 bridgehead atoms. The molecule has 6 aliphatic heterocycles. The third-order valence-electron chi connectivity index (χ3n) is 7.87. The summed E-state index contributed by atoms with van der Waals surface area (Å²) < 4.78 is 1.72. The predicted octanol–water partition coefficient (Wildman–Crippen LogP) is 1.56. The number of carboxylic acid groups (broad SMARTS) is 6. The molecule has 2 aromatic rings. The minimum atomic E-state index is -1.82. The fourth-order valence-corrected chi connectivity index (χ4v) is 6.32. The van der Waals surface area contributed by atoms with Crippen LogP contribution in [0.2, 0.25) is 0 Å². The van der Waals surface area contributed by atoms with E-state index in [9.17, 15) is 0 Å². The molecule has 0 spiro atoms. The summed E-state index contributed by atoms with van der Waals surface area (Å²) in [5, 5.41) is 44.3. The summed E-state index contributed by atoms with van der Waals surface area (Å²) >= 11 is 6.79. The van der Waals surface area contributed by atoms with Gasteiger partial charge in [-0.1, -0.05) is 0 Å². The summed E-state index contributed by atoms with van der Waals surface area (Å²) in [7, 11) is 0. The number of halogens is 2. The van der Waals surface area contributed by atoms with Crippen LogP contribution in [0.5, 0.6) is 0 Å². The van der Waals surface area contributed by atoms with Crippen LogP contribution in [0.3, 0.4) is 0 Å².